The molecule has 2 heterocycles. The molecule has 0 amide bonds. The van der Waals surface area contributed by atoms with Crippen LogP contribution in [0.25, 0.3) is 0 Å². The second-order valence-electron chi connectivity index (χ2n) is 2.30. The van der Waals surface area contributed by atoms with Crippen molar-refractivity contribution >= 4 is 5.69 Å². The number of hydrogen-bond donors (Lipinski definition) is 0. The Bertz CT molecular complexity index is 291. The zero-order valence-electron chi connectivity index (χ0n) is 5.70. The molecule has 1 aliphatic rings. The van der Waals surface area contributed by atoms with Crippen molar-refractivity contribution in [1.29, 1.82) is 0 Å². The molecule has 0 saturated carbocycles. The molecular weight excluding hydrogens is 126 g/mol. The van der Waals surface area contributed by atoms with Gasteiger partial charge in [0.05, 0.1) is 12.2 Å². The van der Waals surface area contributed by atoms with Crippen molar-refractivity contribution in [2.24, 2.45) is 10.2 Å². The molecule has 0 unspecified atom stereocenters. The first kappa shape index (κ1) is 5.53. The van der Waals surface area contributed by atoms with Crippen molar-refractivity contribution in [3.05, 3.63) is 23.5 Å². The highest BCUT2D eigenvalue weighted by Gasteiger charge is 2.09. The van der Waals surface area contributed by atoms with E-state index in [1.54, 1.807) is 6.20 Å². The van der Waals surface area contributed by atoms with Gasteiger partial charge in [0.15, 0.2) is 0 Å². The molecule has 0 N–H and O–H groups in total. The Morgan fingerprint density at radius 2 is 2.40 bits per heavy atom. The van der Waals surface area contributed by atoms with Gasteiger partial charge in [-0.15, -0.1) is 0 Å². The average molecular weight is 133 g/mol. The van der Waals surface area contributed by atoms with Gasteiger partial charge >= 0.3 is 0 Å². The minimum atomic E-state index is 0.721. The quantitative estimate of drug-likeness (QED) is 0.533. The summed E-state index contributed by atoms with van der Waals surface area (Å²) in [6.45, 7) is 2.67. The van der Waals surface area contributed by atoms with E-state index in [0.29, 0.717) is 0 Å². The molecule has 0 aromatic carbocycles. The molecule has 1 aromatic rings. The number of rotatable bonds is 0. The average Bonchev–Trinajstić information content (AvgIpc) is 2.36. The maximum Gasteiger partial charge on any atom is 0.112 e. The normalized spacial score (nSPS) is 13.7. The molecule has 1 aliphatic heterocycles. The van der Waals surface area contributed by atoms with E-state index in [1.165, 1.54) is 5.56 Å². The highest BCUT2D eigenvalue weighted by molar-refractivity contribution is 5.50. The lowest BCUT2D eigenvalue weighted by atomic mass is 10.2. The van der Waals surface area contributed by atoms with Crippen molar-refractivity contribution < 1.29 is 0 Å². The van der Waals surface area contributed by atoms with Crippen LogP contribution in [0.15, 0.2) is 22.5 Å². The number of aryl methyl sites for hydroxylation is 1. The monoisotopic (exact) mass is 133 g/mol. The molecule has 0 bridgehead atoms. The van der Waals surface area contributed by atoms with Gasteiger partial charge in [0.25, 0.3) is 0 Å². The molecule has 10 heavy (non-hydrogen) atoms. The third kappa shape index (κ3) is 0.635. The highest BCUT2D eigenvalue weighted by atomic mass is 15.1. The third-order valence-electron chi connectivity index (χ3n) is 1.60. The lowest BCUT2D eigenvalue weighted by Gasteiger charge is -1.95. The summed E-state index contributed by atoms with van der Waals surface area (Å²) in [4.78, 5) is 4.10. The van der Waals surface area contributed by atoms with Crippen LogP contribution in [0.1, 0.15) is 11.3 Å². The summed E-state index contributed by atoms with van der Waals surface area (Å²) in [5, 5.41) is 7.86. The maximum absolute atomic E-state index is 4.10. The summed E-state index contributed by atoms with van der Waals surface area (Å²) in [6, 6.07) is 1.96. The van der Waals surface area contributed by atoms with Crippen molar-refractivity contribution in [2.75, 3.05) is 0 Å². The standard InChI is InChI=1S/C7H7N3/c1-5-7-6(2-3-8-5)4-9-10-7/h2-3H,4H2,1H3. The fourth-order valence-electron chi connectivity index (χ4n) is 1.06. The van der Waals surface area contributed by atoms with Crippen LogP contribution in [0, 0.1) is 6.92 Å². The largest absolute Gasteiger partial charge is 0.259 e. The molecular formula is C7H7N3. The molecule has 3 heteroatoms. The topological polar surface area (TPSA) is 37.6 Å². The first-order valence-electron chi connectivity index (χ1n) is 3.20. The van der Waals surface area contributed by atoms with E-state index >= 15 is 0 Å². The Morgan fingerprint density at radius 1 is 1.50 bits per heavy atom. The maximum atomic E-state index is 4.10. The van der Waals surface area contributed by atoms with Gasteiger partial charge in [0, 0.05) is 11.8 Å². The number of nitrogens with zero attached hydrogens (tertiary/aromatic N) is 3. The van der Waals surface area contributed by atoms with E-state index in [-0.39, 0.29) is 0 Å². The summed E-state index contributed by atoms with van der Waals surface area (Å²) in [5.74, 6) is 0. The van der Waals surface area contributed by atoms with Crippen LogP contribution in [0.2, 0.25) is 0 Å². The molecule has 1 aromatic heterocycles. The number of fused-ring (bicyclic) bond motifs is 1. The first-order chi connectivity index (χ1) is 4.88. The lowest BCUT2D eigenvalue weighted by molar-refractivity contribution is 1.04. The van der Waals surface area contributed by atoms with Crippen LogP contribution in [0.3, 0.4) is 0 Å². The second-order valence-corrected chi connectivity index (χ2v) is 2.30. The van der Waals surface area contributed by atoms with Crippen molar-refractivity contribution in [2.45, 2.75) is 13.5 Å². The minimum absolute atomic E-state index is 0.721. The van der Waals surface area contributed by atoms with Gasteiger partial charge in [-0.25, -0.2) is 0 Å². The number of aromatic nitrogens is 1. The minimum Gasteiger partial charge on any atom is -0.259 e. The number of azo groups is 1. The van der Waals surface area contributed by atoms with Gasteiger partial charge in [0.2, 0.25) is 0 Å². The van der Waals surface area contributed by atoms with E-state index in [1.807, 2.05) is 13.0 Å². The smallest absolute Gasteiger partial charge is 0.112 e. The molecule has 50 valence electrons. The Hall–Kier alpha value is -1.25. The van der Waals surface area contributed by atoms with E-state index in [2.05, 4.69) is 15.2 Å². The van der Waals surface area contributed by atoms with Crippen LogP contribution in [0.4, 0.5) is 5.69 Å². The zero-order valence-corrected chi connectivity index (χ0v) is 5.70. The Balaban J connectivity index is 2.67. The van der Waals surface area contributed by atoms with E-state index in [9.17, 15) is 0 Å². The number of hydrogen-bond acceptors (Lipinski definition) is 3. The molecule has 3 nitrogen and oxygen atoms in total. The van der Waals surface area contributed by atoms with Gasteiger partial charge in [-0.3, -0.25) is 4.98 Å². The third-order valence-corrected chi connectivity index (χ3v) is 1.60. The SMILES string of the molecule is Cc1nccc2c1N=NC2. The van der Waals surface area contributed by atoms with Gasteiger partial charge in [-0.2, -0.15) is 10.2 Å². The predicted molar refractivity (Wildman–Crippen MR) is 37.2 cm³/mol. The first-order valence-corrected chi connectivity index (χ1v) is 3.20. The van der Waals surface area contributed by atoms with Gasteiger partial charge in [0.1, 0.15) is 5.69 Å². The van der Waals surface area contributed by atoms with E-state index in [0.717, 1.165) is 17.9 Å². The summed E-state index contributed by atoms with van der Waals surface area (Å²) < 4.78 is 0. The zero-order chi connectivity index (χ0) is 6.97. The van der Waals surface area contributed by atoms with Crippen molar-refractivity contribution in [1.82, 2.24) is 4.98 Å². The van der Waals surface area contributed by atoms with Crippen molar-refractivity contribution in [3.63, 3.8) is 0 Å². The molecule has 0 saturated heterocycles. The molecule has 2 rings (SSSR count). The summed E-state index contributed by atoms with van der Waals surface area (Å²) >= 11 is 0. The second kappa shape index (κ2) is 1.87. The Labute approximate surface area is 58.8 Å². The van der Waals surface area contributed by atoms with Crippen LogP contribution < -0.4 is 0 Å². The van der Waals surface area contributed by atoms with Gasteiger partial charge in [-0.1, -0.05) is 0 Å². The van der Waals surface area contributed by atoms with E-state index in [4.69, 9.17) is 0 Å². The molecule has 0 aliphatic carbocycles. The molecule has 0 atom stereocenters. The summed E-state index contributed by atoms with van der Waals surface area (Å²) in [6.07, 6.45) is 1.80. The summed E-state index contributed by atoms with van der Waals surface area (Å²) in [5.41, 5.74) is 3.12. The summed E-state index contributed by atoms with van der Waals surface area (Å²) in [7, 11) is 0. The molecule has 0 fully saturated rings. The number of pyridine rings is 1. The van der Waals surface area contributed by atoms with Crippen molar-refractivity contribution in [3.8, 4) is 0 Å². The lowest BCUT2D eigenvalue weighted by Crippen LogP contribution is -1.82. The fourth-order valence-corrected chi connectivity index (χ4v) is 1.06. The fraction of sp³-hybridized carbons (Fsp3) is 0.286. The van der Waals surface area contributed by atoms with Crippen LogP contribution in [-0.4, -0.2) is 4.98 Å². The van der Waals surface area contributed by atoms with Gasteiger partial charge in [-0.05, 0) is 13.0 Å². The van der Waals surface area contributed by atoms with Crippen LogP contribution in [0.5, 0.6) is 0 Å². The molecule has 0 spiro atoms. The van der Waals surface area contributed by atoms with Crippen LogP contribution >= 0.6 is 0 Å². The Morgan fingerprint density at radius 3 is 3.20 bits per heavy atom. The van der Waals surface area contributed by atoms with Crippen LogP contribution in [-0.2, 0) is 6.54 Å². The van der Waals surface area contributed by atoms with Gasteiger partial charge < -0.3 is 0 Å². The Kier molecular flexibility index (Phi) is 1.03. The predicted octanol–water partition coefficient (Wildman–Crippen LogP) is 1.99. The molecule has 0 radical (unpaired) electrons. The highest BCUT2D eigenvalue weighted by Crippen LogP contribution is 2.27. The van der Waals surface area contributed by atoms with E-state index < -0.39 is 0 Å².